The van der Waals surface area contributed by atoms with Crippen LogP contribution in [-0.2, 0) is 4.79 Å². The molecule has 0 aromatic heterocycles. The van der Waals surface area contributed by atoms with Crippen LogP contribution in [0.4, 0.5) is 5.69 Å². The maximum absolute atomic E-state index is 12.2. The van der Waals surface area contributed by atoms with Gasteiger partial charge in [0.2, 0.25) is 11.9 Å². The second kappa shape index (κ2) is 7.04. The number of carbonyl (C=O) groups is 1. The van der Waals surface area contributed by atoms with Gasteiger partial charge in [0.1, 0.15) is 6.04 Å². The maximum atomic E-state index is 12.2. The molecule has 5 nitrogen and oxygen atoms in total. The van der Waals surface area contributed by atoms with Crippen molar-refractivity contribution in [1.82, 2.24) is 5.32 Å². The van der Waals surface area contributed by atoms with E-state index in [1.165, 1.54) is 0 Å². The van der Waals surface area contributed by atoms with Crippen LogP contribution < -0.4 is 10.6 Å². The predicted molar refractivity (Wildman–Crippen MR) is 96.6 cm³/mol. The molecule has 3 rings (SSSR count). The second-order valence-electron chi connectivity index (χ2n) is 5.20. The van der Waals surface area contributed by atoms with Gasteiger partial charge in [0.25, 0.3) is 0 Å². The molecule has 1 aliphatic heterocycles. The van der Waals surface area contributed by atoms with Crippen LogP contribution in [0.5, 0.6) is 0 Å². The molecule has 0 saturated carbocycles. The first-order valence-electron chi connectivity index (χ1n) is 7.13. The molecule has 120 valence electrons. The van der Waals surface area contributed by atoms with Gasteiger partial charge in [-0.25, -0.2) is 4.99 Å². The van der Waals surface area contributed by atoms with Gasteiger partial charge in [-0.3, -0.25) is 10.1 Å². The van der Waals surface area contributed by atoms with E-state index in [1.54, 1.807) is 24.3 Å². The van der Waals surface area contributed by atoms with Crippen molar-refractivity contribution in [2.45, 2.75) is 6.04 Å². The van der Waals surface area contributed by atoms with Crippen LogP contribution in [-0.4, -0.2) is 11.9 Å². The fourth-order valence-electron chi connectivity index (χ4n) is 2.37. The maximum Gasteiger partial charge on any atom is 0.246 e. The summed E-state index contributed by atoms with van der Waals surface area (Å²) in [5, 5.41) is 15.6. The number of rotatable bonds is 2. The fraction of sp³-hybridized carbons (Fsp3) is 0.118. The molecule has 2 aromatic carbocycles. The van der Waals surface area contributed by atoms with Crippen LogP contribution in [0.15, 0.2) is 58.0 Å². The minimum atomic E-state index is -0.873. The summed E-state index contributed by atoms with van der Waals surface area (Å²) in [7, 11) is 0. The Hall–Kier alpha value is -2.36. The van der Waals surface area contributed by atoms with Gasteiger partial charge in [0.05, 0.1) is 6.07 Å². The second-order valence-corrected chi connectivity index (χ2v) is 6.55. The lowest BCUT2D eigenvalue weighted by atomic mass is 9.93. The number of hydrogen-bond acceptors (Lipinski definition) is 4. The van der Waals surface area contributed by atoms with E-state index in [-0.39, 0.29) is 5.91 Å². The van der Waals surface area contributed by atoms with E-state index in [2.05, 4.69) is 31.6 Å². The van der Waals surface area contributed by atoms with Crippen molar-refractivity contribution >= 4 is 45.1 Å². The largest absolute Gasteiger partial charge is 0.326 e. The molecule has 2 aromatic rings. The Morgan fingerprint density at radius 1 is 1.17 bits per heavy atom. The Kier molecular flexibility index (Phi) is 4.84. The third kappa shape index (κ3) is 3.58. The Bertz CT molecular complexity index is 827. The zero-order valence-corrected chi connectivity index (χ0v) is 14.7. The van der Waals surface area contributed by atoms with Crippen molar-refractivity contribution in [2.24, 2.45) is 10.9 Å². The number of benzene rings is 2. The monoisotopic (exact) mass is 402 g/mol. The number of nitrogens with one attached hydrogen (secondary N) is 2. The summed E-state index contributed by atoms with van der Waals surface area (Å²) in [4.78, 5) is 16.8. The Balaban J connectivity index is 1.92. The molecule has 0 fully saturated rings. The average molecular weight is 404 g/mol. The lowest BCUT2D eigenvalue weighted by Crippen LogP contribution is -2.45. The highest BCUT2D eigenvalue weighted by atomic mass is 79.9. The number of halogens is 2. The fourth-order valence-corrected chi connectivity index (χ4v) is 2.76. The molecule has 2 unspecified atom stereocenters. The van der Waals surface area contributed by atoms with Crippen molar-refractivity contribution in [1.29, 1.82) is 5.26 Å². The smallest absolute Gasteiger partial charge is 0.246 e. The summed E-state index contributed by atoms with van der Waals surface area (Å²) >= 11 is 9.24. The van der Waals surface area contributed by atoms with Gasteiger partial charge in [0, 0.05) is 15.2 Å². The van der Waals surface area contributed by atoms with E-state index in [4.69, 9.17) is 11.6 Å². The lowest BCUT2D eigenvalue weighted by Gasteiger charge is -2.25. The highest BCUT2D eigenvalue weighted by Gasteiger charge is 2.34. The first kappa shape index (κ1) is 16.5. The first-order valence-corrected chi connectivity index (χ1v) is 8.30. The van der Waals surface area contributed by atoms with Crippen LogP contribution in [0.3, 0.4) is 0 Å². The Labute approximate surface area is 152 Å². The SMILES string of the molecule is N#CC1C(=O)NC(Nc2ccc(Cl)cc2)=NC1c1ccc(Br)cc1. The van der Waals surface area contributed by atoms with E-state index in [1.807, 2.05) is 30.3 Å². The number of nitrogens with zero attached hydrogens (tertiary/aromatic N) is 2. The molecule has 0 radical (unpaired) electrons. The molecule has 2 N–H and O–H groups in total. The summed E-state index contributed by atoms with van der Waals surface area (Å²) in [6, 6.07) is 15.9. The Morgan fingerprint density at radius 2 is 1.83 bits per heavy atom. The molecule has 7 heteroatoms. The lowest BCUT2D eigenvalue weighted by molar-refractivity contribution is -0.122. The first-order chi connectivity index (χ1) is 11.6. The van der Waals surface area contributed by atoms with Gasteiger partial charge in [-0.15, -0.1) is 0 Å². The molecular weight excluding hydrogens is 392 g/mol. The number of aliphatic imine (C=N–C) groups is 1. The summed E-state index contributed by atoms with van der Waals surface area (Å²) < 4.78 is 0.920. The standard InChI is InChI=1S/C17H12BrClN4O/c18-11-3-1-10(2-4-11)15-14(9-20)16(24)23-17(22-15)21-13-7-5-12(19)6-8-13/h1-8,14-15H,(H2,21,22,23,24). The topological polar surface area (TPSA) is 77.3 Å². The Morgan fingerprint density at radius 3 is 2.46 bits per heavy atom. The number of anilines is 1. The molecule has 1 aliphatic rings. The minimum Gasteiger partial charge on any atom is -0.326 e. The van der Waals surface area contributed by atoms with Crippen LogP contribution in [0.2, 0.25) is 5.02 Å². The molecule has 0 bridgehead atoms. The van der Waals surface area contributed by atoms with Crippen LogP contribution in [0.1, 0.15) is 11.6 Å². The molecular formula is C17H12BrClN4O. The summed E-state index contributed by atoms with van der Waals surface area (Å²) in [6.45, 7) is 0. The molecule has 0 aliphatic carbocycles. The zero-order valence-electron chi connectivity index (χ0n) is 12.3. The van der Waals surface area contributed by atoms with Gasteiger partial charge in [-0.05, 0) is 42.0 Å². The van der Waals surface area contributed by atoms with Gasteiger partial charge in [-0.1, -0.05) is 39.7 Å². The van der Waals surface area contributed by atoms with Crippen molar-refractivity contribution in [2.75, 3.05) is 5.32 Å². The summed E-state index contributed by atoms with van der Waals surface area (Å²) in [6.07, 6.45) is 0. The highest BCUT2D eigenvalue weighted by molar-refractivity contribution is 9.10. The van der Waals surface area contributed by atoms with E-state index in [0.29, 0.717) is 11.0 Å². The van der Waals surface area contributed by atoms with Crippen molar-refractivity contribution < 1.29 is 4.79 Å². The average Bonchev–Trinajstić information content (AvgIpc) is 2.57. The van der Waals surface area contributed by atoms with Crippen molar-refractivity contribution in [3.63, 3.8) is 0 Å². The highest BCUT2D eigenvalue weighted by Crippen LogP contribution is 2.30. The van der Waals surface area contributed by atoms with E-state index in [9.17, 15) is 10.1 Å². The predicted octanol–water partition coefficient (Wildman–Crippen LogP) is 3.88. The van der Waals surface area contributed by atoms with Gasteiger partial charge >= 0.3 is 0 Å². The summed E-state index contributed by atoms with van der Waals surface area (Å²) in [5.41, 5.74) is 1.54. The third-order valence-electron chi connectivity index (χ3n) is 3.57. The van der Waals surface area contributed by atoms with Gasteiger partial charge < -0.3 is 5.32 Å². The zero-order chi connectivity index (χ0) is 17.1. The van der Waals surface area contributed by atoms with E-state index in [0.717, 1.165) is 15.7 Å². The molecule has 0 spiro atoms. The van der Waals surface area contributed by atoms with Crippen LogP contribution in [0.25, 0.3) is 0 Å². The van der Waals surface area contributed by atoms with Gasteiger partial charge in [0.15, 0.2) is 5.92 Å². The van der Waals surface area contributed by atoms with Gasteiger partial charge in [-0.2, -0.15) is 5.26 Å². The number of amides is 1. The van der Waals surface area contributed by atoms with E-state index >= 15 is 0 Å². The molecule has 1 heterocycles. The quantitative estimate of drug-likeness (QED) is 0.799. The number of hydrogen-bond donors (Lipinski definition) is 2. The van der Waals surface area contributed by atoms with Crippen LogP contribution in [0, 0.1) is 17.2 Å². The van der Waals surface area contributed by atoms with Crippen LogP contribution >= 0.6 is 27.5 Å². The molecule has 24 heavy (non-hydrogen) atoms. The number of guanidine groups is 1. The molecule has 0 saturated heterocycles. The number of nitriles is 1. The molecule has 1 amide bonds. The van der Waals surface area contributed by atoms with E-state index < -0.39 is 12.0 Å². The van der Waals surface area contributed by atoms with Crippen molar-refractivity contribution in [3.05, 3.63) is 63.6 Å². The van der Waals surface area contributed by atoms with Crippen molar-refractivity contribution in [3.8, 4) is 6.07 Å². The normalized spacial score (nSPS) is 19.9. The number of carbonyl (C=O) groups excluding carboxylic acids is 1. The molecule has 2 atom stereocenters. The summed E-state index contributed by atoms with van der Waals surface area (Å²) in [5.74, 6) is -0.944. The minimum absolute atomic E-state index is 0.307. The third-order valence-corrected chi connectivity index (χ3v) is 4.35.